The van der Waals surface area contributed by atoms with E-state index in [1.807, 2.05) is 6.07 Å². The van der Waals surface area contributed by atoms with Gasteiger partial charge in [-0.25, -0.2) is 9.37 Å². The van der Waals surface area contributed by atoms with Gasteiger partial charge in [-0.15, -0.1) is 0 Å². The number of rotatable bonds is 9. The fourth-order valence-corrected chi connectivity index (χ4v) is 4.76. The lowest BCUT2D eigenvalue weighted by molar-refractivity contribution is -0.115. The summed E-state index contributed by atoms with van der Waals surface area (Å²) >= 11 is 0. The molecule has 0 aliphatic carbocycles. The Balaban J connectivity index is 1.38. The van der Waals surface area contributed by atoms with Crippen molar-refractivity contribution < 1.29 is 18.7 Å². The first-order valence-corrected chi connectivity index (χ1v) is 13.3. The summed E-state index contributed by atoms with van der Waals surface area (Å²) in [6.07, 6.45) is 3.34. The average Bonchev–Trinajstić information content (AvgIpc) is 3.38. The highest BCUT2D eigenvalue weighted by molar-refractivity contribution is 6.03. The van der Waals surface area contributed by atoms with Crippen molar-refractivity contribution in [3.8, 4) is 22.4 Å². The summed E-state index contributed by atoms with van der Waals surface area (Å²) in [5, 5.41) is 3.31. The standard InChI is InChI=1S/C32H30FN5O4/c1-37-15-13-25-29(32(37)41)28(21-8-10-24(33)11-9-21)30(35-25)23-12-14-34-26(19-23)36-27(39)18-20-4-6-22(7-5-20)31(40)38(2)16-17-42-3/h4-15,19,35H,16-18H2,1-3H3,(H,34,36,39). The average molecular weight is 568 g/mol. The molecule has 5 aromatic rings. The van der Waals surface area contributed by atoms with E-state index in [4.69, 9.17) is 4.74 Å². The van der Waals surface area contributed by atoms with Gasteiger partial charge >= 0.3 is 0 Å². The highest BCUT2D eigenvalue weighted by atomic mass is 19.1. The Labute approximate surface area is 241 Å². The number of nitrogens with one attached hydrogen (secondary N) is 2. The molecule has 2 amide bonds. The minimum absolute atomic E-state index is 0.0865. The van der Waals surface area contributed by atoms with Gasteiger partial charge in [0.2, 0.25) is 5.91 Å². The second-order valence-corrected chi connectivity index (χ2v) is 9.97. The van der Waals surface area contributed by atoms with Crippen molar-refractivity contribution in [1.82, 2.24) is 19.4 Å². The third kappa shape index (κ3) is 5.98. The number of benzene rings is 2. The number of aromatic nitrogens is 3. The fourth-order valence-electron chi connectivity index (χ4n) is 4.76. The molecule has 0 radical (unpaired) electrons. The van der Waals surface area contributed by atoms with Gasteiger partial charge < -0.3 is 24.5 Å². The molecule has 0 bridgehead atoms. The Morgan fingerprint density at radius 3 is 2.50 bits per heavy atom. The maximum absolute atomic E-state index is 13.7. The normalized spacial score (nSPS) is 11.0. The Hall–Kier alpha value is -5.09. The van der Waals surface area contributed by atoms with Gasteiger partial charge in [0.05, 0.1) is 29.6 Å². The molecule has 0 spiro atoms. The number of aromatic amines is 1. The number of pyridine rings is 2. The lowest BCUT2D eigenvalue weighted by Gasteiger charge is -2.16. The van der Waals surface area contributed by atoms with Crippen molar-refractivity contribution in [1.29, 1.82) is 0 Å². The number of fused-ring (bicyclic) bond motifs is 1. The summed E-state index contributed by atoms with van der Waals surface area (Å²) < 4.78 is 20.2. The van der Waals surface area contributed by atoms with E-state index < -0.39 is 0 Å². The molecule has 2 aromatic carbocycles. The first kappa shape index (κ1) is 28.4. The number of carbonyl (C=O) groups excluding carboxylic acids is 2. The van der Waals surface area contributed by atoms with Crippen LogP contribution in [0.2, 0.25) is 0 Å². The first-order valence-electron chi connectivity index (χ1n) is 13.3. The molecule has 0 unspecified atom stereocenters. The van der Waals surface area contributed by atoms with Crippen LogP contribution in [0.15, 0.2) is 83.9 Å². The second kappa shape index (κ2) is 12.2. The number of H-pyrrole nitrogens is 1. The van der Waals surface area contributed by atoms with Crippen LogP contribution in [0.1, 0.15) is 15.9 Å². The van der Waals surface area contributed by atoms with Gasteiger partial charge in [0.15, 0.2) is 0 Å². The Morgan fingerprint density at radius 1 is 1.05 bits per heavy atom. The number of halogens is 1. The molecule has 2 N–H and O–H groups in total. The summed E-state index contributed by atoms with van der Waals surface area (Å²) in [6.45, 7) is 0.925. The van der Waals surface area contributed by atoms with E-state index in [-0.39, 0.29) is 29.6 Å². The minimum atomic E-state index is -0.377. The van der Waals surface area contributed by atoms with Crippen molar-refractivity contribution in [2.24, 2.45) is 7.05 Å². The van der Waals surface area contributed by atoms with Gasteiger partial charge in [-0.1, -0.05) is 24.3 Å². The summed E-state index contributed by atoms with van der Waals surface area (Å²) in [5.41, 5.74) is 4.37. The Morgan fingerprint density at radius 2 is 1.79 bits per heavy atom. The molecule has 9 nitrogen and oxygen atoms in total. The molecule has 42 heavy (non-hydrogen) atoms. The quantitative estimate of drug-likeness (QED) is 0.270. The van der Waals surface area contributed by atoms with E-state index in [1.54, 1.807) is 87.0 Å². The SMILES string of the molecule is COCCN(C)C(=O)c1ccc(CC(=O)Nc2cc(-c3[nH]c4ccn(C)c(=O)c4c3-c3ccc(F)cc3)ccn2)cc1. The van der Waals surface area contributed by atoms with Gasteiger partial charge in [0.1, 0.15) is 11.6 Å². The van der Waals surface area contributed by atoms with Crippen LogP contribution in [0.5, 0.6) is 0 Å². The van der Waals surface area contributed by atoms with Gasteiger partial charge in [-0.3, -0.25) is 14.4 Å². The summed E-state index contributed by atoms with van der Waals surface area (Å²) in [5.74, 6) is -0.447. The molecule has 3 heterocycles. The van der Waals surface area contributed by atoms with Crippen molar-refractivity contribution >= 4 is 28.5 Å². The molecular weight excluding hydrogens is 537 g/mol. The lowest BCUT2D eigenvalue weighted by atomic mass is 9.99. The van der Waals surface area contributed by atoms with Crippen LogP contribution in [-0.4, -0.2) is 58.6 Å². The predicted octanol–water partition coefficient (Wildman–Crippen LogP) is 4.63. The van der Waals surface area contributed by atoms with Gasteiger partial charge in [0.25, 0.3) is 11.5 Å². The largest absolute Gasteiger partial charge is 0.383 e. The number of methoxy groups -OCH3 is 1. The number of amides is 2. The first-order chi connectivity index (χ1) is 20.2. The Kier molecular flexibility index (Phi) is 8.26. The highest BCUT2D eigenvalue weighted by Gasteiger charge is 2.19. The van der Waals surface area contributed by atoms with Crippen LogP contribution in [0.25, 0.3) is 33.3 Å². The third-order valence-corrected chi connectivity index (χ3v) is 7.02. The maximum Gasteiger partial charge on any atom is 0.260 e. The van der Waals surface area contributed by atoms with E-state index in [1.165, 1.54) is 16.7 Å². The number of hydrogen-bond acceptors (Lipinski definition) is 5. The predicted molar refractivity (Wildman–Crippen MR) is 160 cm³/mol. The number of hydrogen-bond donors (Lipinski definition) is 2. The topological polar surface area (TPSA) is 109 Å². The molecule has 0 aliphatic heterocycles. The van der Waals surface area contributed by atoms with Crippen LogP contribution in [0.3, 0.4) is 0 Å². The van der Waals surface area contributed by atoms with Crippen LogP contribution in [0.4, 0.5) is 10.2 Å². The second-order valence-electron chi connectivity index (χ2n) is 9.97. The summed E-state index contributed by atoms with van der Waals surface area (Å²) in [6, 6.07) is 18.2. The van der Waals surface area contributed by atoms with E-state index in [0.717, 1.165) is 5.56 Å². The van der Waals surface area contributed by atoms with E-state index >= 15 is 0 Å². The van der Waals surface area contributed by atoms with Crippen LogP contribution in [-0.2, 0) is 23.0 Å². The smallest absolute Gasteiger partial charge is 0.260 e. The number of nitrogens with zero attached hydrogens (tertiary/aromatic N) is 3. The van der Waals surface area contributed by atoms with Crippen molar-refractivity contribution in [2.75, 3.05) is 32.6 Å². The minimum Gasteiger partial charge on any atom is -0.383 e. The molecule has 214 valence electrons. The molecule has 0 fully saturated rings. The fraction of sp³-hybridized carbons (Fsp3) is 0.188. The molecule has 0 aliphatic rings. The molecule has 0 atom stereocenters. The number of anilines is 1. The van der Waals surface area contributed by atoms with E-state index in [0.29, 0.717) is 57.8 Å². The van der Waals surface area contributed by atoms with E-state index in [9.17, 15) is 18.8 Å². The summed E-state index contributed by atoms with van der Waals surface area (Å²) in [4.78, 5) is 47.8. The highest BCUT2D eigenvalue weighted by Crippen LogP contribution is 2.37. The van der Waals surface area contributed by atoms with Crippen LogP contribution >= 0.6 is 0 Å². The van der Waals surface area contributed by atoms with Gasteiger partial charge in [-0.2, -0.15) is 0 Å². The number of carbonyl (C=O) groups is 2. The molecule has 5 rings (SSSR count). The number of aryl methyl sites for hydroxylation is 1. The van der Waals surface area contributed by atoms with Crippen LogP contribution in [0, 0.1) is 5.82 Å². The number of ether oxygens (including phenoxy) is 1. The molecule has 0 saturated carbocycles. The molecular formula is C32H30FN5O4. The maximum atomic E-state index is 13.7. The zero-order valence-corrected chi connectivity index (χ0v) is 23.5. The van der Waals surface area contributed by atoms with Gasteiger partial charge in [-0.05, 0) is 53.6 Å². The molecule has 0 saturated heterocycles. The van der Waals surface area contributed by atoms with E-state index in [2.05, 4.69) is 15.3 Å². The zero-order chi connectivity index (χ0) is 29.8. The zero-order valence-electron chi connectivity index (χ0n) is 23.5. The third-order valence-electron chi connectivity index (χ3n) is 7.02. The van der Waals surface area contributed by atoms with Crippen molar-refractivity contribution in [3.63, 3.8) is 0 Å². The van der Waals surface area contributed by atoms with Gasteiger partial charge in [0, 0.05) is 56.8 Å². The lowest BCUT2D eigenvalue weighted by Crippen LogP contribution is -2.29. The molecule has 10 heteroatoms. The number of likely N-dealkylation sites (N-methyl/N-ethyl adjacent to an activating group) is 1. The van der Waals surface area contributed by atoms with Crippen molar-refractivity contribution in [3.05, 3.63) is 106 Å². The molecule has 3 aromatic heterocycles. The van der Waals surface area contributed by atoms with Crippen LogP contribution < -0.4 is 10.9 Å². The van der Waals surface area contributed by atoms with Crippen molar-refractivity contribution in [2.45, 2.75) is 6.42 Å². The monoisotopic (exact) mass is 567 g/mol. The summed E-state index contributed by atoms with van der Waals surface area (Å²) in [7, 11) is 4.97. The Bertz CT molecular complexity index is 1810.